The summed E-state index contributed by atoms with van der Waals surface area (Å²) < 4.78 is 0. The summed E-state index contributed by atoms with van der Waals surface area (Å²) in [5, 5.41) is 25.0. The number of hydrogen-bond acceptors (Lipinski definition) is 7. The number of thioether (sulfide) groups is 1. The molecule has 0 aliphatic heterocycles. The van der Waals surface area contributed by atoms with Crippen LogP contribution in [-0.2, 0) is 19.2 Å². The van der Waals surface area contributed by atoms with Crippen molar-refractivity contribution in [1.82, 2.24) is 16.0 Å². The Morgan fingerprint density at radius 3 is 2.16 bits per heavy atom. The van der Waals surface area contributed by atoms with Crippen LogP contribution in [0, 0.1) is 0 Å². The fourth-order valence-corrected chi connectivity index (χ4v) is 2.22. The largest absolute Gasteiger partial charge is 0.480 e. The number of rotatable bonds is 11. The molecule has 0 aromatic heterocycles. The van der Waals surface area contributed by atoms with Crippen LogP contribution in [-0.4, -0.2) is 76.7 Å². The van der Waals surface area contributed by atoms with Crippen LogP contribution in [0.2, 0.25) is 0 Å². The summed E-state index contributed by atoms with van der Waals surface area (Å²) >= 11 is 1.52. The molecule has 4 unspecified atom stereocenters. The molecule has 144 valence electrons. The van der Waals surface area contributed by atoms with E-state index in [1.165, 1.54) is 25.6 Å². The van der Waals surface area contributed by atoms with Crippen LogP contribution in [0.1, 0.15) is 20.3 Å². The lowest BCUT2D eigenvalue weighted by atomic mass is 10.1. The van der Waals surface area contributed by atoms with Gasteiger partial charge < -0.3 is 31.9 Å². The van der Waals surface area contributed by atoms with Crippen LogP contribution in [0.3, 0.4) is 0 Å². The highest BCUT2D eigenvalue weighted by Gasteiger charge is 2.29. The monoisotopic (exact) mass is 378 g/mol. The summed E-state index contributed by atoms with van der Waals surface area (Å²) in [6, 6.07) is -3.16. The fourth-order valence-electron chi connectivity index (χ4n) is 1.73. The van der Waals surface area contributed by atoms with Crippen molar-refractivity contribution in [1.29, 1.82) is 0 Å². The number of aliphatic hydroxyl groups is 1. The van der Waals surface area contributed by atoms with Gasteiger partial charge in [-0.15, -0.1) is 0 Å². The maximum absolute atomic E-state index is 12.2. The normalized spacial score (nSPS) is 15.4. The minimum Gasteiger partial charge on any atom is -0.480 e. The molecule has 0 bridgehead atoms. The second-order valence-electron chi connectivity index (χ2n) is 5.46. The maximum Gasteiger partial charge on any atom is 0.322 e. The predicted molar refractivity (Wildman–Crippen MR) is 92.8 cm³/mol. The summed E-state index contributed by atoms with van der Waals surface area (Å²) in [7, 11) is 0. The van der Waals surface area contributed by atoms with Crippen molar-refractivity contribution in [2.75, 3.05) is 18.6 Å². The molecule has 0 heterocycles. The van der Waals surface area contributed by atoms with E-state index in [0.29, 0.717) is 12.2 Å². The van der Waals surface area contributed by atoms with E-state index in [1.807, 2.05) is 6.26 Å². The second-order valence-corrected chi connectivity index (χ2v) is 6.44. The molecule has 0 saturated heterocycles. The number of nitrogens with one attached hydrogen (secondary N) is 3. The summed E-state index contributed by atoms with van der Waals surface area (Å²) in [5.41, 5.74) is 5.71. The number of amides is 3. The minimum atomic E-state index is -1.29. The van der Waals surface area contributed by atoms with E-state index in [0.717, 1.165) is 0 Å². The van der Waals surface area contributed by atoms with Crippen molar-refractivity contribution in [3.8, 4) is 0 Å². The van der Waals surface area contributed by atoms with Gasteiger partial charge in [0.05, 0.1) is 12.1 Å². The lowest BCUT2D eigenvalue weighted by Gasteiger charge is -2.24. The van der Waals surface area contributed by atoms with Gasteiger partial charge in [-0.05, 0) is 32.3 Å². The number of hydrogen-bond donors (Lipinski definition) is 6. The zero-order chi connectivity index (χ0) is 19.6. The standard InChI is InChI=1S/C14H26N4O6S/c1-7(12(22)16-6-10(20)21)17-14(24)11(8(2)19)18-13(23)9(15)4-5-25-3/h7-9,11,19H,4-6,15H2,1-3H3,(H,16,22)(H,17,24)(H,18,23)(H,20,21). The third-order valence-corrected chi connectivity index (χ3v) is 3.84. The Morgan fingerprint density at radius 1 is 1.08 bits per heavy atom. The Balaban J connectivity index is 4.70. The van der Waals surface area contributed by atoms with E-state index in [1.54, 1.807) is 0 Å². The molecule has 0 aliphatic carbocycles. The third kappa shape index (κ3) is 9.27. The van der Waals surface area contributed by atoms with Crippen molar-refractivity contribution in [3.63, 3.8) is 0 Å². The van der Waals surface area contributed by atoms with Gasteiger partial charge in [-0.1, -0.05) is 0 Å². The average Bonchev–Trinajstić information content (AvgIpc) is 2.54. The first-order chi connectivity index (χ1) is 11.6. The topological polar surface area (TPSA) is 171 Å². The van der Waals surface area contributed by atoms with Crippen LogP contribution >= 0.6 is 11.8 Å². The molecule has 0 aromatic carbocycles. The zero-order valence-electron chi connectivity index (χ0n) is 14.4. The zero-order valence-corrected chi connectivity index (χ0v) is 15.3. The van der Waals surface area contributed by atoms with Gasteiger partial charge in [0.2, 0.25) is 17.7 Å². The van der Waals surface area contributed by atoms with Crippen molar-refractivity contribution >= 4 is 35.5 Å². The highest BCUT2D eigenvalue weighted by atomic mass is 32.2. The van der Waals surface area contributed by atoms with Gasteiger partial charge in [0.25, 0.3) is 0 Å². The SMILES string of the molecule is CSCCC(N)C(=O)NC(C(=O)NC(C)C(=O)NCC(=O)O)C(C)O. The number of carboxylic acid groups (broad SMARTS) is 1. The van der Waals surface area contributed by atoms with Crippen molar-refractivity contribution in [2.45, 2.75) is 44.5 Å². The first kappa shape index (κ1) is 23.1. The quantitative estimate of drug-likeness (QED) is 0.232. The number of aliphatic carboxylic acids is 1. The number of aliphatic hydroxyl groups excluding tert-OH is 1. The van der Waals surface area contributed by atoms with E-state index in [4.69, 9.17) is 10.8 Å². The molecule has 0 fully saturated rings. The smallest absolute Gasteiger partial charge is 0.322 e. The summed E-state index contributed by atoms with van der Waals surface area (Å²) in [5.74, 6) is -2.62. The Labute approximate surface area is 150 Å². The molecule has 0 rings (SSSR count). The van der Waals surface area contributed by atoms with Crippen LogP contribution < -0.4 is 21.7 Å². The first-order valence-corrected chi connectivity index (χ1v) is 9.02. The highest BCUT2D eigenvalue weighted by Crippen LogP contribution is 2.01. The summed E-state index contributed by atoms with van der Waals surface area (Å²) in [4.78, 5) is 46.2. The minimum absolute atomic E-state index is 0.412. The van der Waals surface area contributed by atoms with Crippen LogP contribution in [0.15, 0.2) is 0 Å². The van der Waals surface area contributed by atoms with E-state index in [9.17, 15) is 24.3 Å². The highest BCUT2D eigenvalue weighted by molar-refractivity contribution is 7.98. The summed E-state index contributed by atoms with van der Waals surface area (Å²) in [6.45, 7) is 2.08. The lowest BCUT2D eigenvalue weighted by molar-refractivity contribution is -0.138. The van der Waals surface area contributed by atoms with Gasteiger partial charge >= 0.3 is 5.97 Å². The van der Waals surface area contributed by atoms with E-state index in [-0.39, 0.29) is 0 Å². The Hall–Kier alpha value is -1.85. The Bertz CT molecular complexity index is 488. The number of carbonyl (C=O) groups is 4. The molecule has 0 radical (unpaired) electrons. The summed E-state index contributed by atoms with van der Waals surface area (Å²) in [6.07, 6.45) is 1.06. The first-order valence-electron chi connectivity index (χ1n) is 7.63. The van der Waals surface area contributed by atoms with Gasteiger partial charge in [0, 0.05) is 0 Å². The molecule has 0 saturated carbocycles. The van der Waals surface area contributed by atoms with Crippen LogP contribution in [0.5, 0.6) is 0 Å². The predicted octanol–water partition coefficient (Wildman–Crippen LogP) is -2.36. The van der Waals surface area contributed by atoms with Crippen LogP contribution in [0.25, 0.3) is 0 Å². The van der Waals surface area contributed by atoms with Crippen molar-refractivity contribution < 1.29 is 29.4 Å². The number of carbonyl (C=O) groups excluding carboxylic acids is 3. The average molecular weight is 378 g/mol. The molecule has 4 atom stereocenters. The maximum atomic E-state index is 12.2. The Morgan fingerprint density at radius 2 is 1.68 bits per heavy atom. The van der Waals surface area contributed by atoms with Crippen molar-refractivity contribution in [2.24, 2.45) is 5.73 Å². The van der Waals surface area contributed by atoms with E-state index < -0.39 is 54.5 Å². The molecule has 0 aromatic rings. The van der Waals surface area contributed by atoms with Gasteiger partial charge in [-0.3, -0.25) is 19.2 Å². The molecule has 10 nitrogen and oxygen atoms in total. The van der Waals surface area contributed by atoms with E-state index in [2.05, 4.69) is 16.0 Å². The second kappa shape index (κ2) is 11.7. The van der Waals surface area contributed by atoms with Crippen molar-refractivity contribution in [3.05, 3.63) is 0 Å². The molecule has 3 amide bonds. The number of nitrogens with two attached hydrogens (primary N) is 1. The lowest BCUT2D eigenvalue weighted by Crippen LogP contribution is -2.58. The van der Waals surface area contributed by atoms with E-state index >= 15 is 0 Å². The molecular formula is C14H26N4O6S. The third-order valence-electron chi connectivity index (χ3n) is 3.20. The van der Waals surface area contributed by atoms with Gasteiger partial charge in [0.1, 0.15) is 18.6 Å². The van der Waals surface area contributed by atoms with Gasteiger partial charge in [0.15, 0.2) is 0 Å². The molecule has 0 spiro atoms. The molecule has 11 heteroatoms. The van der Waals surface area contributed by atoms with Gasteiger partial charge in [-0.2, -0.15) is 11.8 Å². The molecular weight excluding hydrogens is 352 g/mol. The Kier molecular flexibility index (Phi) is 10.8. The fraction of sp³-hybridized carbons (Fsp3) is 0.714. The molecule has 0 aliphatic rings. The number of carboxylic acids is 1. The van der Waals surface area contributed by atoms with Gasteiger partial charge in [-0.25, -0.2) is 0 Å². The molecule has 7 N–H and O–H groups in total. The molecule has 25 heavy (non-hydrogen) atoms. The van der Waals surface area contributed by atoms with Crippen LogP contribution in [0.4, 0.5) is 0 Å².